The molecule has 3 aromatic heterocycles. The first kappa shape index (κ1) is 16.7. The van der Waals surface area contributed by atoms with Gasteiger partial charge in [-0.05, 0) is 18.9 Å². The molecule has 0 unspecified atom stereocenters. The molecule has 1 N–H and O–H groups in total. The Morgan fingerprint density at radius 3 is 2.96 bits per heavy atom. The van der Waals surface area contributed by atoms with Crippen LogP contribution in [-0.2, 0) is 18.8 Å². The number of ether oxygens (including phenoxy) is 1. The highest BCUT2D eigenvalue weighted by molar-refractivity contribution is 5.60. The summed E-state index contributed by atoms with van der Waals surface area (Å²) in [4.78, 5) is 8.82. The number of nitrogens with one attached hydrogen (secondary N) is 1. The number of anilines is 1. The molecule has 8 nitrogen and oxygen atoms in total. The van der Waals surface area contributed by atoms with E-state index >= 15 is 0 Å². The number of hydrogen-bond acceptors (Lipinski definition) is 6. The Kier molecular flexibility index (Phi) is 4.66. The fourth-order valence-electron chi connectivity index (χ4n) is 3.44. The molecular weight excluding hydrogens is 330 g/mol. The topological polar surface area (TPSA) is 82.7 Å². The maximum Gasteiger partial charge on any atom is 0.165 e. The van der Waals surface area contributed by atoms with Crippen molar-refractivity contribution in [1.29, 1.82) is 0 Å². The standard InChI is InChI=1S/C18H23N7O/c1-24-6-5-20-18(24)16-13(4-3-7-26-16)10-21-15-8-14(9-19-11-15)17-23-22-12-25(17)2/h5-6,8-9,11-13,16,21H,3-4,7,10H2,1-2H3/t13-,16+/m0/s1. The Hall–Kier alpha value is -2.74. The summed E-state index contributed by atoms with van der Waals surface area (Å²) in [6.45, 7) is 1.60. The van der Waals surface area contributed by atoms with Crippen LogP contribution in [0.2, 0.25) is 0 Å². The van der Waals surface area contributed by atoms with Gasteiger partial charge in [0.2, 0.25) is 0 Å². The highest BCUT2D eigenvalue weighted by Gasteiger charge is 2.30. The molecule has 1 aliphatic rings. The lowest BCUT2D eigenvalue weighted by atomic mass is 9.93. The second kappa shape index (κ2) is 7.25. The first-order valence-corrected chi connectivity index (χ1v) is 8.84. The van der Waals surface area contributed by atoms with Gasteiger partial charge in [-0.3, -0.25) is 4.98 Å². The number of pyridine rings is 1. The maximum absolute atomic E-state index is 6.04. The monoisotopic (exact) mass is 353 g/mol. The normalized spacial score (nSPS) is 20.2. The fraction of sp³-hybridized carbons (Fsp3) is 0.444. The molecule has 0 aliphatic carbocycles. The van der Waals surface area contributed by atoms with Crippen molar-refractivity contribution in [1.82, 2.24) is 29.3 Å². The molecule has 0 aromatic carbocycles. The molecule has 0 radical (unpaired) electrons. The summed E-state index contributed by atoms with van der Waals surface area (Å²) in [6, 6.07) is 2.05. The minimum atomic E-state index is 0.0196. The van der Waals surface area contributed by atoms with Gasteiger partial charge in [-0.25, -0.2) is 4.98 Å². The van der Waals surface area contributed by atoms with E-state index in [-0.39, 0.29) is 6.10 Å². The van der Waals surface area contributed by atoms with E-state index in [1.165, 1.54) is 0 Å². The SMILES string of the molecule is Cn1cnnc1-c1cncc(NC[C@@H]2CCCO[C@H]2c2nccn2C)c1. The third-order valence-corrected chi connectivity index (χ3v) is 4.83. The minimum absolute atomic E-state index is 0.0196. The summed E-state index contributed by atoms with van der Waals surface area (Å²) in [6.07, 6.45) is 11.3. The average Bonchev–Trinajstić information content (AvgIpc) is 3.28. The quantitative estimate of drug-likeness (QED) is 0.757. The zero-order valence-corrected chi connectivity index (χ0v) is 15.0. The number of imidazole rings is 1. The van der Waals surface area contributed by atoms with Crippen LogP contribution in [0.25, 0.3) is 11.4 Å². The molecular formula is C18H23N7O. The highest BCUT2D eigenvalue weighted by atomic mass is 16.5. The van der Waals surface area contributed by atoms with E-state index < -0.39 is 0 Å². The van der Waals surface area contributed by atoms with Crippen molar-refractivity contribution in [3.05, 3.63) is 43.0 Å². The number of aromatic nitrogens is 6. The van der Waals surface area contributed by atoms with Gasteiger partial charge in [-0.15, -0.1) is 10.2 Å². The fourth-order valence-corrected chi connectivity index (χ4v) is 3.44. The van der Waals surface area contributed by atoms with Gasteiger partial charge >= 0.3 is 0 Å². The Morgan fingerprint density at radius 1 is 1.27 bits per heavy atom. The number of nitrogens with zero attached hydrogens (tertiary/aromatic N) is 6. The molecule has 4 heterocycles. The van der Waals surface area contributed by atoms with E-state index in [9.17, 15) is 0 Å². The molecule has 0 amide bonds. The Morgan fingerprint density at radius 2 is 2.19 bits per heavy atom. The summed E-state index contributed by atoms with van der Waals surface area (Å²) in [5.41, 5.74) is 1.91. The summed E-state index contributed by atoms with van der Waals surface area (Å²) >= 11 is 0. The zero-order valence-electron chi connectivity index (χ0n) is 15.0. The van der Waals surface area contributed by atoms with Crippen molar-refractivity contribution in [3.8, 4) is 11.4 Å². The summed E-state index contributed by atoms with van der Waals surface area (Å²) in [5.74, 6) is 2.15. The largest absolute Gasteiger partial charge is 0.383 e. The van der Waals surface area contributed by atoms with Crippen LogP contribution < -0.4 is 5.32 Å². The van der Waals surface area contributed by atoms with Gasteiger partial charge in [0.25, 0.3) is 0 Å². The van der Waals surface area contributed by atoms with Crippen molar-refractivity contribution in [2.24, 2.45) is 20.0 Å². The van der Waals surface area contributed by atoms with E-state index in [4.69, 9.17) is 4.74 Å². The molecule has 26 heavy (non-hydrogen) atoms. The predicted molar refractivity (Wildman–Crippen MR) is 97.3 cm³/mol. The van der Waals surface area contributed by atoms with Gasteiger partial charge in [0.05, 0.1) is 5.69 Å². The van der Waals surface area contributed by atoms with E-state index in [1.807, 2.05) is 41.8 Å². The number of rotatable bonds is 5. The van der Waals surface area contributed by atoms with Crippen LogP contribution in [0.3, 0.4) is 0 Å². The van der Waals surface area contributed by atoms with Crippen LogP contribution in [0.5, 0.6) is 0 Å². The van der Waals surface area contributed by atoms with E-state index in [2.05, 4.69) is 31.5 Å². The Bertz CT molecular complexity index is 872. The molecule has 4 rings (SSSR count). The second-order valence-electron chi connectivity index (χ2n) is 6.70. The lowest BCUT2D eigenvalue weighted by Gasteiger charge is -2.31. The van der Waals surface area contributed by atoms with Crippen LogP contribution in [0.15, 0.2) is 37.2 Å². The second-order valence-corrected chi connectivity index (χ2v) is 6.70. The Labute approximate surface area is 152 Å². The van der Waals surface area contributed by atoms with Crippen LogP contribution in [0.4, 0.5) is 5.69 Å². The van der Waals surface area contributed by atoms with Crippen molar-refractivity contribution >= 4 is 5.69 Å². The van der Waals surface area contributed by atoms with Gasteiger partial charge in [-0.1, -0.05) is 0 Å². The van der Waals surface area contributed by atoms with Crippen LogP contribution >= 0.6 is 0 Å². The highest BCUT2D eigenvalue weighted by Crippen LogP contribution is 2.33. The number of hydrogen-bond donors (Lipinski definition) is 1. The third kappa shape index (κ3) is 3.32. The molecule has 8 heteroatoms. The molecule has 1 saturated heterocycles. The summed E-state index contributed by atoms with van der Waals surface area (Å²) < 4.78 is 9.96. The lowest BCUT2D eigenvalue weighted by Crippen LogP contribution is -2.30. The molecule has 0 bridgehead atoms. The first-order chi connectivity index (χ1) is 12.7. The predicted octanol–water partition coefficient (Wildman–Crippen LogP) is 2.19. The van der Waals surface area contributed by atoms with E-state index in [1.54, 1.807) is 12.5 Å². The first-order valence-electron chi connectivity index (χ1n) is 8.84. The molecule has 1 aliphatic heterocycles. The van der Waals surface area contributed by atoms with Crippen LogP contribution in [0, 0.1) is 5.92 Å². The van der Waals surface area contributed by atoms with Crippen molar-refractivity contribution in [2.45, 2.75) is 18.9 Å². The molecule has 3 aromatic rings. The summed E-state index contributed by atoms with van der Waals surface area (Å²) in [7, 11) is 3.94. The van der Waals surface area contributed by atoms with Crippen molar-refractivity contribution in [2.75, 3.05) is 18.5 Å². The van der Waals surface area contributed by atoms with Gasteiger partial charge < -0.3 is 19.2 Å². The minimum Gasteiger partial charge on any atom is -0.383 e. The van der Waals surface area contributed by atoms with Gasteiger partial charge in [0.15, 0.2) is 5.82 Å². The summed E-state index contributed by atoms with van der Waals surface area (Å²) in [5, 5.41) is 11.6. The smallest absolute Gasteiger partial charge is 0.165 e. The molecule has 0 spiro atoms. The van der Waals surface area contributed by atoms with Crippen molar-refractivity contribution < 1.29 is 4.74 Å². The van der Waals surface area contributed by atoms with Gasteiger partial charge in [-0.2, -0.15) is 0 Å². The van der Waals surface area contributed by atoms with Crippen molar-refractivity contribution in [3.63, 3.8) is 0 Å². The molecule has 2 atom stereocenters. The molecule has 0 saturated carbocycles. The van der Waals surface area contributed by atoms with E-state index in [0.717, 1.165) is 48.9 Å². The zero-order chi connectivity index (χ0) is 17.9. The third-order valence-electron chi connectivity index (χ3n) is 4.83. The Balaban J connectivity index is 1.48. The average molecular weight is 353 g/mol. The van der Waals surface area contributed by atoms with Crippen LogP contribution in [0.1, 0.15) is 24.8 Å². The van der Waals surface area contributed by atoms with Crippen LogP contribution in [-0.4, -0.2) is 42.5 Å². The number of aryl methyl sites for hydroxylation is 2. The molecule has 136 valence electrons. The van der Waals surface area contributed by atoms with Gasteiger partial charge in [0, 0.05) is 63.5 Å². The lowest BCUT2D eigenvalue weighted by molar-refractivity contribution is -0.0304. The maximum atomic E-state index is 6.04. The van der Waals surface area contributed by atoms with Gasteiger partial charge in [0.1, 0.15) is 18.3 Å². The van der Waals surface area contributed by atoms with E-state index in [0.29, 0.717) is 5.92 Å². The molecule has 1 fully saturated rings.